The number of rotatable bonds is 4. The molecule has 1 aromatic heterocycles. The zero-order valence-corrected chi connectivity index (χ0v) is 16.9. The number of hydrogen-bond donors (Lipinski definition) is 0. The summed E-state index contributed by atoms with van der Waals surface area (Å²) in [7, 11) is -1.58. The summed E-state index contributed by atoms with van der Waals surface area (Å²) in [4.78, 5) is 17.2. The topological polar surface area (TPSA) is 70.8 Å². The molecule has 2 heterocycles. The quantitative estimate of drug-likeness (QED) is 0.660. The van der Waals surface area contributed by atoms with Crippen molar-refractivity contribution in [1.29, 1.82) is 0 Å². The van der Waals surface area contributed by atoms with Crippen LogP contribution in [0.25, 0.3) is 0 Å². The summed E-state index contributed by atoms with van der Waals surface area (Å²) in [5.74, 6) is -0.483. The Morgan fingerprint density at radius 1 is 1.00 bits per heavy atom. The minimum atomic E-state index is -3.57. The number of anilines is 1. The number of likely N-dealkylation sites (N-methyl/N-ethyl adjacent to an activating group) is 1. The number of nitrogens with zero attached hydrogens (tertiary/aromatic N) is 2. The van der Waals surface area contributed by atoms with Crippen LogP contribution >= 0.6 is 0 Å². The van der Waals surface area contributed by atoms with Gasteiger partial charge in [0.05, 0.1) is 16.9 Å². The predicted molar refractivity (Wildman–Crippen MR) is 110 cm³/mol. The van der Waals surface area contributed by atoms with E-state index in [1.54, 1.807) is 41.3 Å². The van der Waals surface area contributed by atoms with E-state index in [1.165, 1.54) is 6.26 Å². The van der Waals surface area contributed by atoms with Crippen molar-refractivity contribution in [2.45, 2.75) is 17.2 Å². The van der Waals surface area contributed by atoms with Gasteiger partial charge in [0.25, 0.3) is 5.91 Å². The van der Waals surface area contributed by atoms with Crippen molar-refractivity contribution in [1.82, 2.24) is 4.90 Å². The van der Waals surface area contributed by atoms with Crippen LogP contribution in [-0.4, -0.2) is 39.4 Å². The maximum Gasteiger partial charge on any atom is 0.290 e. The number of para-hydroxylation sites is 1. The molecule has 0 unspecified atom stereocenters. The fourth-order valence-electron chi connectivity index (χ4n) is 3.56. The second kappa shape index (κ2) is 7.75. The van der Waals surface area contributed by atoms with Crippen LogP contribution in [0.15, 0.2) is 76.2 Å². The normalized spacial score (nSPS) is 14.4. The lowest BCUT2D eigenvalue weighted by Gasteiger charge is -2.20. The Labute approximate surface area is 170 Å². The molecule has 0 spiro atoms. The minimum absolute atomic E-state index is 0.0894. The second-order valence-electron chi connectivity index (χ2n) is 7.12. The van der Waals surface area contributed by atoms with Gasteiger partial charge in [-0.2, -0.15) is 0 Å². The van der Waals surface area contributed by atoms with Crippen LogP contribution in [0.4, 0.5) is 5.69 Å². The van der Waals surface area contributed by atoms with Gasteiger partial charge in [-0.25, -0.2) is 8.42 Å². The number of sulfone groups is 1. The Morgan fingerprint density at radius 2 is 1.72 bits per heavy atom. The van der Waals surface area contributed by atoms with Crippen molar-refractivity contribution in [3.8, 4) is 0 Å². The van der Waals surface area contributed by atoms with Gasteiger partial charge >= 0.3 is 0 Å². The number of amides is 1. The summed E-state index contributed by atoms with van der Waals surface area (Å²) in [5, 5.41) is 0. The zero-order valence-electron chi connectivity index (χ0n) is 16.1. The van der Waals surface area contributed by atoms with Crippen molar-refractivity contribution in [2.24, 2.45) is 0 Å². The van der Waals surface area contributed by atoms with Crippen molar-refractivity contribution in [2.75, 3.05) is 25.0 Å². The van der Waals surface area contributed by atoms with E-state index in [1.807, 2.05) is 31.3 Å². The fourth-order valence-corrected chi connectivity index (χ4v) is 4.94. The van der Waals surface area contributed by atoms with E-state index < -0.39 is 9.84 Å². The van der Waals surface area contributed by atoms with Crippen molar-refractivity contribution < 1.29 is 17.6 Å². The highest BCUT2D eigenvalue weighted by molar-refractivity contribution is 7.90. The van der Waals surface area contributed by atoms with Crippen molar-refractivity contribution in [3.05, 3.63) is 83.8 Å². The summed E-state index contributed by atoms with van der Waals surface area (Å²) in [6.45, 7) is 1.65. The standard InChI is InChI=1S/C22H22N2O4S/c1-23-12-13-24(15-17-7-5-6-10-20(17)23)22(25)21-18(11-14-28-21)16-29(26,27)19-8-3-2-4-9-19/h2-11,14H,12-13,15-16H2,1H3. The summed E-state index contributed by atoms with van der Waals surface area (Å²) in [6, 6.07) is 17.8. The van der Waals surface area contributed by atoms with Gasteiger partial charge in [0, 0.05) is 37.9 Å². The molecule has 2 aromatic carbocycles. The number of carbonyl (C=O) groups excluding carboxylic acids is 1. The van der Waals surface area contributed by atoms with Crippen LogP contribution < -0.4 is 4.90 Å². The molecule has 0 atom stereocenters. The second-order valence-corrected chi connectivity index (χ2v) is 9.11. The summed E-state index contributed by atoms with van der Waals surface area (Å²) < 4.78 is 30.9. The van der Waals surface area contributed by atoms with Gasteiger partial charge in [0.15, 0.2) is 15.6 Å². The van der Waals surface area contributed by atoms with Crippen LogP contribution in [0.1, 0.15) is 21.7 Å². The smallest absolute Gasteiger partial charge is 0.290 e. The Hall–Kier alpha value is -3.06. The van der Waals surface area contributed by atoms with E-state index in [2.05, 4.69) is 4.90 Å². The van der Waals surface area contributed by atoms with Gasteiger partial charge in [0.1, 0.15) is 0 Å². The Balaban J connectivity index is 1.59. The average molecular weight is 410 g/mol. The molecule has 0 bridgehead atoms. The first-order valence-electron chi connectivity index (χ1n) is 9.38. The SMILES string of the molecule is CN1CCN(C(=O)c2occc2CS(=O)(=O)c2ccccc2)Cc2ccccc21. The van der Waals surface area contributed by atoms with E-state index >= 15 is 0 Å². The van der Waals surface area contributed by atoms with Gasteiger partial charge in [-0.15, -0.1) is 0 Å². The van der Waals surface area contributed by atoms with E-state index in [0.717, 1.165) is 11.3 Å². The third kappa shape index (κ3) is 3.91. The lowest BCUT2D eigenvalue weighted by atomic mass is 10.1. The summed E-state index contributed by atoms with van der Waals surface area (Å²) in [5.41, 5.74) is 2.52. The van der Waals surface area contributed by atoms with Crippen LogP contribution in [0.5, 0.6) is 0 Å². The number of hydrogen-bond acceptors (Lipinski definition) is 5. The average Bonchev–Trinajstić information content (AvgIpc) is 3.11. The first kappa shape index (κ1) is 19.3. The molecule has 150 valence electrons. The Bertz CT molecular complexity index is 1120. The summed E-state index contributed by atoms with van der Waals surface area (Å²) in [6.07, 6.45) is 1.38. The van der Waals surface area contributed by atoms with Crippen LogP contribution in [0.2, 0.25) is 0 Å². The monoisotopic (exact) mass is 410 g/mol. The number of furan rings is 1. The molecule has 29 heavy (non-hydrogen) atoms. The number of carbonyl (C=O) groups is 1. The molecule has 0 N–H and O–H groups in total. The van der Waals surface area contributed by atoms with Crippen LogP contribution in [0.3, 0.4) is 0 Å². The largest absolute Gasteiger partial charge is 0.459 e. The molecular weight excluding hydrogens is 388 g/mol. The molecule has 0 radical (unpaired) electrons. The van der Waals surface area contributed by atoms with Crippen LogP contribution in [-0.2, 0) is 22.1 Å². The third-order valence-electron chi connectivity index (χ3n) is 5.15. The molecule has 1 amide bonds. The van der Waals surface area contributed by atoms with E-state index in [-0.39, 0.29) is 22.3 Å². The molecule has 0 aliphatic carbocycles. The zero-order chi connectivity index (χ0) is 20.4. The minimum Gasteiger partial charge on any atom is -0.459 e. The van der Waals surface area contributed by atoms with Crippen LogP contribution in [0, 0.1) is 0 Å². The first-order chi connectivity index (χ1) is 14.0. The van der Waals surface area contributed by atoms with Gasteiger partial charge in [-0.05, 0) is 29.8 Å². The third-order valence-corrected chi connectivity index (χ3v) is 6.83. The van der Waals surface area contributed by atoms with E-state index in [9.17, 15) is 13.2 Å². The fraction of sp³-hybridized carbons (Fsp3) is 0.227. The summed E-state index contributed by atoms with van der Waals surface area (Å²) >= 11 is 0. The Kier molecular flexibility index (Phi) is 5.15. The number of fused-ring (bicyclic) bond motifs is 1. The molecular formula is C22H22N2O4S. The molecule has 4 rings (SSSR count). The van der Waals surface area contributed by atoms with Gasteiger partial charge < -0.3 is 14.2 Å². The molecule has 0 fully saturated rings. The first-order valence-corrected chi connectivity index (χ1v) is 11.0. The molecule has 3 aromatic rings. The highest BCUT2D eigenvalue weighted by atomic mass is 32.2. The van der Waals surface area contributed by atoms with Gasteiger partial charge in [-0.3, -0.25) is 4.79 Å². The molecule has 0 saturated heterocycles. The number of benzene rings is 2. The Morgan fingerprint density at radius 3 is 2.52 bits per heavy atom. The lowest BCUT2D eigenvalue weighted by Crippen LogP contribution is -2.34. The molecule has 7 heteroatoms. The predicted octanol–water partition coefficient (Wildman–Crippen LogP) is 3.35. The highest BCUT2D eigenvalue weighted by Crippen LogP contribution is 2.26. The van der Waals surface area contributed by atoms with Crippen molar-refractivity contribution in [3.63, 3.8) is 0 Å². The molecule has 1 aliphatic rings. The van der Waals surface area contributed by atoms with Gasteiger partial charge in [-0.1, -0.05) is 36.4 Å². The maximum absolute atomic E-state index is 13.2. The molecule has 0 saturated carbocycles. The highest BCUT2D eigenvalue weighted by Gasteiger charge is 2.28. The molecule has 1 aliphatic heterocycles. The van der Waals surface area contributed by atoms with Gasteiger partial charge in [0.2, 0.25) is 0 Å². The van der Waals surface area contributed by atoms with Crippen molar-refractivity contribution >= 4 is 21.4 Å². The molecule has 6 nitrogen and oxygen atoms in total. The lowest BCUT2D eigenvalue weighted by molar-refractivity contribution is 0.0718. The van der Waals surface area contributed by atoms with E-state index in [0.29, 0.717) is 25.2 Å². The maximum atomic E-state index is 13.2. The van der Waals surface area contributed by atoms with E-state index in [4.69, 9.17) is 4.42 Å².